The Kier molecular flexibility index (Phi) is 7.26. The molecular formula is C20H26FN3O2. The summed E-state index contributed by atoms with van der Waals surface area (Å²) in [6.07, 6.45) is 0.945. The normalized spacial score (nSPS) is 12.5. The summed E-state index contributed by atoms with van der Waals surface area (Å²) in [6, 6.07) is 12.4. The summed E-state index contributed by atoms with van der Waals surface area (Å²) in [5, 5.41) is 15.6. The maximum absolute atomic E-state index is 13.4. The molecule has 0 spiro atoms. The second kappa shape index (κ2) is 9.65. The highest BCUT2D eigenvalue weighted by atomic mass is 19.1. The molecule has 0 aliphatic heterocycles. The number of benzene rings is 2. The van der Waals surface area contributed by atoms with Crippen LogP contribution < -0.4 is 15.4 Å². The molecule has 0 aliphatic rings. The highest BCUT2D eigenvalue weighted by molar-refractivity contribution is 5.79. The van der Waals surface area contributed by atoms with E-state index in [9.17, 15) is 9.50 Å². The molecule has 0 bridgehead atoms. The largest absolute Gasteiger partial charge is 0.505 e. The van der Waals surface area contributed by atoms with Gasteiger partial charge in [0.15, 0.2) is 17.5 Å². The Balaban J connectivity index is 1.78. The van der Waals surface area contributed by atoms with Crippen LogP contribution in [0.1, 0.15) is 30.4 Å². The van der Waals surface area contributed by atoms with Crippen LogP contribution >= 0.6 is 0 Å². The summed E-state index contributed by atoms with van der Waals surface area (Å²) in [7, 11) is 3.35. The minimum Gasteiger partial charge on any atom is -0.505 e. The van der Waals surface area contributed by atoms with Gasteiger partial charge in [0.25, 0.3) is 0 Å². The van der Waals surface area contributed by atoms with Gasteiger partial charge in [0.2, 0.25) is 0 Å². The minimum atomic E-state index is -0.624. The number of nitrogens with zero attached hydrogens (tertiary/aromatic N) is 1. The van der Waals surface area contributed by atoms with E-state index in [1.165, 1.54) is 17.7 Å². The van der Waals surface area contributed by atoms with Gasteiger partial charge in [-0.1, -0.05) is 25.1 Å². The van der Waals surface area contributed by atoms with Crippen LogP contribution in [0, 0.1) is 5.82 Å². The summed E-state index contributed by atoms with van der Waals surface area (Å²) < 4.78 is 18.5. The van der Waals surface area contributed by atoms with Gasteiger partial charge in [0.1, 0.15) is 5.75 Å². The molecule has 0 aromatic heterocycles. The van der Waals surface area contributed by atoms with E-state index in [2.05, 4.69) is 34.7 Å². The third kappa shape index (κ3) is 5.65. The number of rotatable bonds is 7. The van der Waals surface area contributed by atoms with Crippen molar-refractivity contribution < 1.29 is 14.2 Å². The van der Waals surface area contributed by atoms with Crippen molar-refractivity contribution in [3.63, 3.8) is 0 Å². The first-order valence-electron chi connectivity index (χ1n) is 8.59. The fraction of sp³-hybridized carbons (Fsp3) is 0.350. The number of nitrogens with one attached hydrogen (secondary N) is 2. The van der Waals surface area contributed by atoms with Gasteiger partial charge in [0, 0.05) is 20.1 Å². The summed E-state index contributed by atoms with van der Waals surface area (Å²) in [4.78, 5) is 4.17. The van der Waals surface area contributed by atoms with Gasteiger partial charge in [-0.05, 0) is 47.7 Å². The molecule has 1 atom stereocenters. The number of hydrogen-bond donors (Lipinski definition) is 3. The van der Waals surface area contributed by atoms with E-state index < -0.39 is 5.82 Å². The Morgan fingerprint density at radius 2 is 1.92 bits per heavy atom. The van der Waals surface area contributed by atoms with Crippen LogP contribution in [0.5, 0.6) is 11.5 Å². The average molecular weight is 359 g/mol. The van der Waals surface area contributed by atoms with Crippen molar-refractivity contribution in [1.29, 1.82) is 0 Å². The lowest BCUT2D eigenvalue weighted by Crippen LogP contribution is -2.37. The number of hydrogen-bond acceptors (Lipinski definition) is 3. The second-order valence-electron chi connectivity index (χ2n) is 6.10. The predicted molar refractivity (Wildman–Crippen MR) is 102 cm³/mol. The van der Waals surface area contributed by atoms with Gasteiger partial charge in [-0.2, -0.15) is 0 Å². The van der Waals surface area contributed by atoms with Gasteiger partial charge in [0.05, 0.1) is 7.11 Å². The average Bonchev–Trinajstić information content (AvgIpc) is 2.67. The number of methoxy groups -OCH3 is 1. The van der Waals surface area contributed by atoms with Crippen molar-refractivity contribution in [2.75, 3.05) is 20.7 Å². The van der Waals surface area contributed by atoms with Crippen LogP contribution in [0.4, 0.5) is 4.39 Å². The van der Waals surface area contributed by atoms with Gasteiger partial charge in [-0.15, -0.1) is 0 Å². The second-order valence-corrected chi connectivity index (χ2v) is 6.10. The highest BCUT2D eigenvalue weighted by Gasteiger charge is 2.07. The van der Waals surface area contributed by atoms with E-state index in [4.69, 9.17) is 4.74 Å². The number of aliphatic imine (C=N–C) groups is 1. The molecule has 2 aromatic rings. The Morgan fingerprint density at radius 3 is 2.54 bits per heavy atom. The molecule has 140 valence electrons. The lowest BCUT2D eigenvalue weighted by atomic mass is 9.98. The number of halogens is 1. The summed E-state index contributed by atoms with van der Waals surface area (Å²) >= 11 is 0. The first-order valence-corrected chi connectivity index (χ1v) is 8.59. The van der Waals surface area contributed by atoms with E-state index in [0.717, 1.165) is 24.3 Å². The first-order chi connectivity index (χ1) is 12.5. The molecular weight excluding hydrogens is 333 g/mol. The van der Waals surface area contributed by atoms with Crippen molar-refractivity contribution in [2.24, 2.45) is 4.99 Å². The highest BCUT2D eigenvalue weighted by Crippen LogP contribution is 2.21. The number of guanidine groups is 1. The molecule has 2 aromatic carbocycles. The van der Waals surface area contributed by atoms with E-state index in [-0.39, 0.29) is 5.75 Å². The van der Waals surface area contributed by atoms with Crippen molar-refractivity contribution in [1.82, 2.24) is 10.6 Å². The van der Waals surface area contributed by atoms with Gasteiger partial charge >= 0.3 is 0 Å². The molecule has 3 N–H and O–H groups in total. The monoisotopic (exact) mass is 359 g/mol. The van der Waals surface area contributed by atoms with Crippen molar-refractivity contribution in [3.05, 3.63) is 59.4 Å². The van der Waals surface area contributed by atoms with Gasteiger partial charge in [-0.3, -0.25) is 4.99 Å². The van der Waals surface area contributed by atoms with Crippen molar-refractivity contribution in [2.45, 2.75) is 25.8 Å². The van der Waals surface area contributed by atoms with Crippen LogP contribution in [-0.4, -0.2) is 31.8 Å². The number of aromatic hydroxyl groups is 1. The number of ether oxygens (including phenoxy) is 1. The molecule has 5 nitrogen and oxygen atoms in total. The summed E-state index contributed by atoms with van der Waals surface area (Å²) in [5.41, 5.74) is 1.99. The zero-order chi connectivity index (χ0) is 18.9. The summed E-state index contributed by atoms with van der Waals surface area (Å²) in [5.74, 6) is 0.941. The quantitative estimate of drug-likeness (QED) is 0.524. The minimum absolute atomic E-state index is 0.344. The molecule has 2 rings (SSSR count). The number of phenols is 1. The van der Waals surface area contributed by atoms with Gasteiger partial charge in [-0.25, -0.2) is 4.39 Å². The summed E-state index contributed by atoms with van der Waals surface area (Å²) in [6.45, 7) is 3.36. The zero-order valence-corrected chi connectivity index (χ0v) is 15.4. The first kappa shape index (κ1) is 19.6. The molecule has 0 amide bonds. The standard InChI is InChI=1S/C20H26FN3O2/c1-14(16-5-7-17(26-3)8-6-16)10-11-23-20(22-2)24-13-15-4-9-19(25)18(21)12-15/h4-9,12,14,25H,10-11,13H2,1-3H3,(H2,22,23,24). The third-order valence-electron chi connectivity index (χ3n) is 4.25. The maximum Gasteiger partial charge on any atom is 0.191 e. The Hall–Kier alpha value is -2.76. The van der Waals surface area contributed by atoms with Crippen LogP contribution in [0.2, 0.25) is 0 Å². The van der Waals surface area contributed by atoms with Crippen LogP contribution in [0.25, 0.3) is 0 Å². The molecule has 0 heterocycles. The molecule has 0 saturated carbocycles. The molecule has 0 fully saturated rings. The molecule has 0 aliphatic carbocycles. The molecule has 26 heavy (non-hydrogen) atoms. The third-order valence-corrected chi connectivity index (χ3v) is 4.25. The topological polar surface area (TPSA) is 65.9 Å². The van der Waals surface area contributed by atoms with Crippen LogP contribution in [0.3, 0.4) is 0 Å². The van der Waals surface area contributed by atoms with E-state index in [1.807, 2.05) is 12.1 Å². The van der Waals surface area contributed by atoms with Crippen LogP contribution in [-0.2, 0) is 6.54 Å². The smallest absolute Gasteiger partial charge is 0.191 e. The SMILES string of the molecule is CN=C(NCCC(C)c1ccc(OC)cc1)NCc1ccc(O)c(F)c1. The van der Waals surface area contributed by atoms with E-state index in [0.29, 0.717) is 18.4 Å². The Morgan fingerprint density at radius 1 is 1.19 bits per heavy atom. The van der Waals surface area contributed by atoms with E-state index >= 15 is 0 Å². The fourth-order valence-corrected chi connectivity index (χ4v) is 2.57. The zero-order valence-electron chi connectivity index (χ0n) is 15.4. The fourth-order valence-electron chi connectivity index (χ4n) is 2.57. The van der Waals surface area contributed by atoms with Crippen molar-refractivity contribution >= 4 is 5.96 Å². The lowest BCUT2D eigenvalue weighted by Gasteiger charge is -2.15. The van der Waals surface area contributed by atoms with Crippen molar-refractivity contribution in [3.8, 4) is 11.5 Å². The Bertz CT molecular complexity index is 732. The molecule has 0 radical (unpaired) electrons. The maximum atomic E-state index is 13.4. The predicted octanol–water partition coefficient (Wildman–Crippen LogP) is 3.40. The van der Waals surface area contributed by atoms with Gasteiger partial charge < -0.3 is 20.5 Å². The molecule has 6 heteroatoms. The Labute approximate surface area is 153 Å². The molecule has 1 unspecified atom stereocenters. The molecule has 0 saturated heterocycles. The van der Waals surface area contributed by atoms with Crippen LogP contribution in [0.15, 0.2) is 47.5 Å². The number of phenolic OH excluding ortho intramolecular Hbond substituents is 1. The lowest BCUT2D eigenvalue weighted by molar-refractivity contribution is 0.414. The van der Waals surface area contributed by atoms with E-state index in [1.54, 1.807) is 20.2 Å².